The summed E-state index contributed by atoms with van der Waals surface area (Å²) in [5.74, 6) is 0.746. The number of benzene rings is 1. The van der Waals surface area contributed by atoms with Gasteiger partial charge in [-0.2, -0.15) is 0 Å². The molecule has 3 nitrogen and oxygen atoms in total. The van der Waals surface area contributed by atoms with E-state index < -0.39 is 5.97 Å². The second kappa shape index (κ2) is 7.48. The average Bonchev–Trinajstić information content (AvgIpc) is 2.52. The third-order valence-electron chi connectivity index (χ3n) is 4.92. The van der Waals surface area contributed by atoms with Crippen LogP contribution in [0.15, 0.2) is 24.3 Å². The molecule has 1 N–H and O–H groups in total. The minimum Gasteiger partial charge on any atom is -0.497 e. The molecule has 0 heterocycles. The summed E-state index contributed by atoms with van der Waals surface area (Å²) in [6, 6.07) is 7.79. The van der Waals surface area contributed by atoms with E-state index >= 15 is 0 Å². The quantitative estimate of drug-likeness (QED) is 0.856. The fraction of sp³-hybridized carbons (Fsp3) is 0.611. The summed E-state index contributed by atoms with van der Waals surface area (Å²) in [7, 11) is 1.64. The van der Waals surface area contributed by atoms with Gasteiger partial charge in [-0.1, -0.05) is 44.7 Å². The van der Waals surface area contributed by atoms with Crippen LogP contribution in [-0.2, 0) is 11.2 Å². The lowest BCUT2D eigenvalue weighted by Gasteiger charge is -2.35. The molecule has 2 rings (SSSR count). The van der Waals surface area contributed by atoms with Gasteiger partial charge < -0.3 is 9.84 Å². The standard InChI is InChI=1S/C18H26O3/c1-3-14-8-4-5-10-16(14)17(18(19)20)12-13-7-6-9-15(11-13)21-2/h6-7,9,11,14,16-17H,3-5,8,10,12H2,1-2H3,(H,19,20). The van der Waals surface area contributed by atoms with E-state index in [1.807, 2.05) is 24.3 Å². The third-order valence-corrected chi connectivity index (χ3v) is 4.92. The van der Waals surface area contributed by atoms with Crippen molar-refractivity contribution in [3.05, 3.63) is 29.8 Å². The molecule has 0 saturated heterocycles. The van der Waals surface area contributed by atoms with Crippen molar-refractivity contribution < 1.29 is 14.6 Å². The Morgan fingerprint density at radius 1 is 1.38 bits per heavy atom. The summed E-state index contributed by atoms with van der Waals surface area (Å²) < 4.78 is 5.24. The first-order valence-corrected chi connectivity index (χ1v) is 8.01. The van der Waals surface area contributed by atoms with Gasteiger partial charge in [-0.05, 0) is 42.4 Å². The van der Waals surface area contributed by atoms with E-state index in [-0.39, 0.29) is 5.92 Å². The molecule has 1 saturated carbocycles. The molecule has 116 valence electrons. The second-order valence-corrected chi connectivity index (χ2v) is 6.12. The van der Waals surface area contributed by atoms with Crippen LogP contribution in [0.4, 0.5) is 0 Å². The zero-order valence-corrected chi connectivity index (χ0v) is 13.0. The van der Waals surface area contributed by atoms with Crippen LogP contribution >= 0.6 is 0 Å². The first-order chi connectivity index (χ1) is 10.2. The molecule has 3 atom stereocenters. The van der Waals surface area contributed by atoms with Crippen molar-refractivity contribution in [2.24, 2.45) is 17.8 Å². The molecule has 0 spiro atoms. The minimum atomic E-state index is -0.650. The Bertz CT molecular complexity index is 469. The van der Waals surface area contributed by atoms with Gasteiger partial charge in [0.05, 0.1) is 13.0 Å². The van der Waals surface area contributed by atoms with Gasteiger partial charge in [0, 0.05) is 0 Å². The Balaban J connectivity index is 2.16. The van der Waals surface area contributed by atoms with Crippen LogP contribution in [0.5, 0.6) is 5.75 Å². The zero-order chi connectivity index (χ0) is 15.2. The predicted molar refractivity (Wildman–Crippen MR) is 83.6 cm³/mol. The van der Waals surface area contributed by atoms with Crippen molar-refractivity contribution in [2.45, 2.75) is 45.4 Å². The van der Waals surface area contributed by atoms with Gasteiger partial charge in [-0.15, -0.1) is 0 Å². The van der Waals surface area contributed by atoms with Crippen LogP contribution in [0.25, 0.3) is 0 Å². The lowest BCUT2D eigenvalue weighted by molar-refractivity contribution is -0.145. The van der Waals surface area contributed by atoms with Crippen molar-refractivity contribution >= 4 is 5.97 Å². The van der Waals surface area contributed by atoms with Gasteiger partial charge in [0.1, 0.15) is 5.75 Å². The molecule has 1 aromatic carbocycles. The normalized spacial score (nSPS) is 23.5. The largest absolute Gasteiger partial charge is 0.497 e. The molecule has 1 aliphatic carbocycles. The fourth-order valence-electron chi connectivity index (χ4n) is 3.75. The van der Waals surface area contributed by atoms with Crippen LogP contribution in [0, 0.1) is 17.8 Å². The monoisotopic (exact) mass is 290 g/mol. The third kappa shape index (κ3) is 3.99. The number of carboxylic acid groups (broad SMARTS) is 1. The summed E-state index contributed by atoms with van der Waals surface area (Å²) in [4.78, 5) is 11.8. The smallest absolute Gasteiger partial charge is 0.307 e. The molecule has 1 aromatic rings. The Kier molecular flexibility index (Phi) is 5.66. The second-order valence-electron chi connectivity index (χ2n) is 6.12. The van der Waals surface area contributed by atoms with Gasteiger partial charge in [-0.25, -0.2) is 0 Å². The summed E-state index contributed by atoms with van der Waals surface area (Å²) in [5.41, 5.74) is 1.06. The van der Waals surface area contributed by atoms with E-state index in [0.717, 1.165) is 24.2 Å². The number of methoxy groups -OCH3 is 1. The van der Waals surface area contributed by atoms with Crippen LogP contribution in [0.1, 0.15) is 44.6 Å². The van der Waals surface area contributed by atoms with Crippen LogP contribution < -0.4 is 4.74 Å². The van der Waals surface area contributed by atoms with E-state index in [2.05, 4.69) is 6.92 Å². The summed E-state index contributed by atoms with van der Waals surface area (Å²) in [6.07, 6.45) is 6.35. The highest BCUT2D eigenvalue weighted by Crippen LogP contribution is 2.38. The Hall–Kier alpha value is -1.51. The van der Waals surface area contributed by atoms with E-state index in [0.29, 0.717) is 18.3 Å². The number of aliphatic carboxylic acids is 1. The van der Waals surface area contributed by atoms with Crippen molar-refractivity contribution in [2.75, 3.05) is 7.11 Å². The summed E-state index contributed by atoms with van der Waals surface area (Å²) in [6.45, 7) is 2.19. The van der Waals surface area contributed by atoms with E-state index in [1.165, 1.54) is 19.3 Å². The maximum Gasteiger partial charge on any atom is 0.307 e. The number of hydrogen-bond donors (Lipinski definition) is 1. The fourth-order valence-corrected chi connectivity index (χ4v) is 3.75. The Morgan fingerprint density at radius 3 is 2.81 bits per heavy atom. The van der Waals surface area contributed by atoms with E-state index in [1.54, 1.807) is 7.11 Å². The number of ether oxygens (including phenoxy) is 1. The van der Waals surface area contributed by atoms with Gasteiger partial charge in [0.15, 0.2) is 0 Å². The molecule has 0 aliphatic heterocycles. The highest BCUT2D eigenvalue weighted by atomic mass is 16.5. The van der Waals surface area contributed by atoms with Gasteiger partial charge in [0.2, 0.25) is 0 Å². The first kappa shape index (κ1) is 15.9. The topological polar surface area (TPSA) is 46.5 Å². The molecule has 3 unspecified atom stereocenters. The van der Waals surface area contributed by atoms with Crippen LogP contribution in [0.3, 0.4) is 0 Å². The van der Waals surface area contributed by atoms with Gasteiger partial charge >= 0.3 is 5.97 Å². The van der Waals surface area contributed by atoms with Crippen molar-refractivity contribution in [1.29, 1.82) is 0 Å². The lowest BCUT2D eigenvalue weighted by Crippen LogP contribution is -2.33. The average molecular weight is 290 g/mol. The van der Waals surface area contributed by atoms with Crippen molar-refractivity contribution in [3.8, 4) is 5.75 Å². The summed E-state index contributed by atoms with van der Waals surface area (Å²) in [5, 5.41) is 9.70. The zero-order valence-electron chi connectivity index (χ0n) is 13.0. The predicted octanol–water partition coefficient (Wildman–Crippen LogP) is 4.15. The van der Waals surface area contributed by atoms with E-state index in [4.69, 9.17) is 4.74 Å². The molecule has 1 fully saturated rings. The maximum atomic E-state index is 11.8. The first-order valence-electron chi connectivity index (χ1n) is 8.01. The molecule has 1 aliphatic rings. The lowest BCUT2D eigenvalue weighted by atomic mass is 9.70. The summed E-state index contributed by atoms with van der Waals surface area (Å²) >= 11 is 0. The Labute approximate surface area is 127 Å². The maximum absolute atomic E-state index is 11.8. The number of rotatable bonds is 6. The van der Waals surface area contributed by atoms with Crippen LogP contribution in [0.2, 0.25) is 0 Å². The number of hydrogen-bond acceptors (Lipinski definition) is 2. The molecule has 0 amide bonds. The molecule has 3 heteroatoms. The molecule has 0 radical (unpaired) electrons. The van der Waals surface area contributed by atoms with Crippen molar-refractivity contribution in [3.63, 3.8) is 0 Å². The SMILES string of the molecule is CCC1CCCCC1C(Cc1cccc(OC)c1)C(=O)O. The van der Waals surface area contributed by atoms with Crippen molar-refractivity contribution in [1.82, 2.24) is 0 Å². The van der Waals surface area contributed by atoms with Crippen LogP contribution in [-0.4, -0.2) is 18.2 Å². The molecule has 21 heavy (non-hydrogen) atoms. The Morgan fingerprint density at radius 2 is 2.14 bits per heavy atom. The number of carbonyl (C=O) groups is 1. The highest BCUT2D eigenvalue weighted by Gasteiger charge is 2.35. The van der Waals surface area contributed by atoms with E-state index in [9.17, 15) is 9.90 Å². The molecule has 0 bridgehead atoms. The van der Waals surface area contributed by atoms with Gasteiger partial charge in [-0.3, -0.25) is 4.79 Å². The van der Waals surface area contributed by atoms with Gasteiger partial charge in [0.25, 0.3) is 0 Å². The molecular formula is C18H26O3. The molecular weight excluding hydrogens is 264 g/mol. The highest BCUT2D eigenvalue weighted by molar-refractivity contribution is 5.71. The molecule has 0 aromatic heterocycles. The number of carboxylic acids is 1. The minimum absolute atomic E-state index is 0.276.